The second-order valence-corrected chi connectivity index (χ2v) is 8.25. The zero-order valence-corrected chi connectivity index (χ0v) is 18.6. The first-order valence-electron chi connectivity index (χ1n) is 11.1. The van der Waals surface area contributed by atoms with Gasteiger partial charge in [0, 0.05) is 18.1 Å². The van der Waals surface area contributed by atoms with E-state index in [9.17, 15) is 0 Å². The molecule has 0 saturated heterocycles. The highest BCUT2D eigenvalue weighted by Crippen LogP contribution is 2.42. The third-order valence-electron chi connectivity index (χ3n) is 5.81. The highest BCUT2D eigenvalue weighted by Gasteiger charge is 2.27. The van der Waals surface area contributed by atoms with Crippen LogP contribution in [-0.2, 0) is 6.54 Å². The van der Waals surface area contributed by atoms with Gasteiger partial charge >= 0.3 is 0 Å². The van der Waals surface area contributed by atoms with Crippen LogP contribution in [0.1, 0.15) is 46.6 Å². The van der Waals surface area contributed by atoms with Crippen molar-refractivity contribution in [2.75, 3.05) is 0 Å². The Labute approximate surface area is 191 Å². The summed E-state index contributed by atoms with van der Waals surface area (Å²) in [6.45, 7) is 7.21. The molecular weight excluding hydrogens is 386 g/mol. The summed E-state index contributed by atoms with van der Waals surface area (Å²) in [4.78, 5) is 4.68. The van der Waals surface area contributed by atoms with Gasteiger partial charge in [-0.05, 0) is 40.8 Å². The van der Waals surface area contributed by atoms with E-state index in [1.807, 2.05) is 12.3 Å². The summed E-state index contributed by atoms with van der Waals surface area (Å²) in [7, 11) is 0. The van der Waals surface area contributed by atoms with Gasteiger partial charge in [-0.25, -0.2) is 0 Å². The molecule has 32 heavy (non-hydrogen) atoms. The predicted octanol–water partition coefficient (Wildman–Crippen LogP) is 7.80. The Balaban J connectivity index is 1.70. The lowest BCUT2D eigenvalue weighted by Gasteiger charge is -2.29. The molecule has 158 valence electrons. The monoisotopic (exact) mass is 415 g/mol. The molecule has 1 nitrogen and oxygen atoms in total. The van der Waals surface area contributed by atoms with Crippen LogP contribution in [0.5, 0.6) is 0 Å². The van der Waals surface area contributed by atoms with Crippen LogP contribution in [0.25, 0.3) is 0 Å². The average molecular weight is 416 g/mol. The number of nitrogens with zero attached hydrogens (tertiary/aromatic N) is 1. The molecule has 0 aliphatic heterocycles. The lowest BCUT2D eigenvalue weighted by molar-refractivity contribution is 0.683. The number of hydrogen-bond acceptors (Lipinski definition) is 1. The molecule has 0 spiro atoms. The van der Waals surface area contributed by atoms with Crippen molar-refractivity contribution in [3.8, 4) is 0 Å². The fourth-order valence-corrected chi connectivity index (χ4v) is 4.33. The standard InChI is InChI=1S/C31H29N/c1-24(2)30(27-16-8-4-9-17-27)31(28-18-10-5-11-19-28)29-20-12-15-26(21-29)23-32-22-25-13-6-3-7-14-25/h3-21,23,30-31H,1,22H2,2H3. The molecule has 0 fully saturated rings. The lowest BCUT2D eigenvalue weighted by Crippen LogP contribution is -2.14. The van der Waals surface area contributed by atoms with Crippen LogP contribution in [-0.4, -0.2) is 6.21 Å². The van der Waals surface area contributed by atoms with Crippen molar-refractivity contribution >= 4 is 6.21 Å². The van der Waals surface area contributed by atoms with Crippen molar-refractivity contribution in [3.63, 3.8) is 0 Å². The molecular formula is C31H29N. The van der Waals surface area contributed by atoms with Gasteiger partial charge in [-0.1, -0.05) is 121 Å². The summed E-state index contributed by atoms with van der Waals surface area (Å²) in [5.41, 5.74) is 7.35. The Kier molecular flexibility index (Phi) is 7.09. The molecule has 4 rings (SSSR count). The minimum atomic E-state index is 0.179. The largest absolute Gasteiger partial charge is 0.288 e. The number of allylic oxidation sites excluding steroid dienone is 1. The second-order valence-electron chi connectivity index (χ2n) is 8.25. The number of hydrogen-bond donors (Lipinski definition) is 0. The van der Waals surface area contributed by atoms with Crippen LogP contribution in [0.15, 0.2) is 132 Å². The van der Waals surface area contributed by atoms with Crippen molar-refractivity contribution in [1.82, 2.24) is 0 Å². The molecule has 1 heteroatoms. The second kappa shape index (κ2) is 10.5. The first-order valence-corrected chi connectivity index (χ1v) is 11.1. The molecule has 0 amide bonds. The van der Waals surface area contributed by atoms with Gasteiger partial charge in [0.25, 0.3) is 0 Å². The lowest BCUT2D eigenvalue weighted by atomic mass is 9.74. The normalized spacial score (nSPS) is 13.0. The third-order valence-corrected chi connectivity index (χ3v) is 5.81. The minimum absolute atomic E-state index is 0.179. The molecule has 0 bridgehead atoms. The number of aliphatic imine (C=N–C) groups is 1. The van der Waals surface area contributed by atoms with E-state index in [2.05, 4.69) is 128 Å². The van der Waals surface area contributed by atoms with E-state index >= 15 is 0 Å². The van der Waals surface area contributed by atoms with Crippen LogP contribution < -0.4 is 0 Å². The molecule has 0 aromatic heterocycles. The fraction of sp³-hybridized carbons (Fsp3) is 0.129. The molecule has 4 aromatic rings. The Hall–Kier alpha value is -3.71. The van der Waals surface area contributed by atoms with E-state index in [-0.39, 0.29) is 11.8 Å². The van der Waals surface area contributed by atoms with Gasteiger partial charge in [-0.15, -0.1) is 0 Å². The van der Waals surface area contributed by atoms with Crippen molar-refractivity contribution in [2.45, 2.75) is 25.3 Å². The average Bonchev–Trinajstić information content (AvgIpc) is 2.84. The summed E-state index contributed by atoms with van der Waals surface area (Å²) < 4.78 is 0. The van der Waals surface area contributed by atoms with E-state index < -0.39 is 0 Å². The number of rotatable bonds is 8. The molecule has 0 radical (unpaired) electrons. The molecule has 2 unspecified atom stereocenters. The van der Waals surface area contributed by atoms with Crippen molar-refractivity contribution in [2.24, 2.45) is 4.99 Å². The van der Waals surface area contributed by atoms with E-state index in [0.29, 0.717) is 6.54 Å². The van der Waals surface area contributed by atoms with Crippen LogP contribution in [0.3, 0.4) is 0 Å². The Bertz CT molecular complexity index is 1160. The summed E-state index contributed by atoms with van der Waals surface area (Å²) in [6.07, 6.45) is 1.98. The molecule has 0 saturated carbocycles. The van der Waals surface area contributed by atoms with Crippen molar-refractivity contribution in [1.29, 1.82) is 0 Å². The van der Waals surface area contributed by atoms with E-state index in [0.717, 1.165) is 11.1 Å². The van der Waals surface area contributed by atoms with Crippen LogP contribution in [0.4, 0.5) is 0 Å². The predicted molar refractivity (Wildman–Crippen MR) is 136 cm³/mol. The first-order chi connectivity index (χ1) is 15.7. The SMILES string of the molecule is C=C(C)C(c1ccccc1)C(c1ccccc1)c1cccc(C=NCc2ccccc2)c1. The molecule has 0 N–H and O–H groups in total. The molecule has 0 heterocycles. The van der Waals surface area contributed by atoms with Crippen molar-refractivity contribution < 1.29 is 0 Å². The topological polar surface area (TPSA) is 12.4 Å². The zero-order chi connectivity index (χ0) is 22.2. The molecule has 0 aliphatic rings. The quantitative estimate of drug-likeness (QED) is 0.206. The summed E-state index contributed by atoms with van der Waals surface area (Å²) in [5, 5.41) is 0. The van der Waals surface area contributed by atoms with Gasteiger partial charge in [-0.2, -0.15) is 0 Å². The maximum atomic E-state index is 4.68. The van der Waals surface area contributed by atoms with Crippen LogP contribution in [0.2, 0.25) is 0 Å². The van der Waals surface area contributed by atoms with Gasteiger partial charge in [0.1, 0.15) is 0 Å². The third kappa shape index (κ3) is 5.31. The summed E-state index contributed by atoms with van der Waals surface area (Å²) in [6, 6.07) is 40.6. The van der Waals surface area contributed by atoms with Crippen LogP contribution in [0, 0.1) is 0 Å². The highest BCUT2D eigenvalue weighted by molar-refractivity contribution is 5.80. The molecule has 4 aromatic carbocycles. The smallest absolute Gasteiger partial charge is 0.0639 e. The highest BCUT2D eigenvalue weighted by atomic mass is 14.7. The number of benzene rings is 4. The molecule has 2 atom stereocenters. The summed E-state index contributed by atoms with van der Waals surface area (Å²) >= 11 is 0. The van der Waals surface area contributed by atoms with Gasteiger partial charge in [0.2, 0.25) is 0 Å². The Morgan fingerprint density at radius 2 is 1.28 bits per heavy atom. The maximum absolute atomic E-state index is 4.68. The van der Waals surface area contributed by atoms with Gasteiger partial charge in [0.05, 0.1) is 6.54 Å². The van der Waals surface area contributed by atoms with Gasteiger partial charge in [0.15, 0.2) is 0 Å². The Morgan fingerprint density at radius 3 is 1.91 bits per heavy atom. The zero-order valence-electron chi connectivity index (χ0n) is 18.6. The Morgan fingerprint density at radius 1 is 0.719 bits per heavy atom. The van der Waals surface area contributed by atoms with Crippen LogP contribution >= 0.6 is 0 Å². The van der Waals surface area contributed by atoms with Gasteiger partial charge < -0.3 is 0 Å². The first kappa shape index (κ1) is 21.5. The molecule has 0 aliphatic carbocycles. The fourth-order valence-electron chi connectivity index (χ4n) is 4.33. The van der Waals surface area contributed by atoms with Gasteiger partial charge in [-0.3, -0.25) is 4.99 Å². The van der Waals surface area contributed by atoms with E-state index in [1.165, 1.54) is 22.3 Å². The minimum Gasteiger partial charge on any atom is -0.288 e. The van der Waals surface area contributed by atoms with E-state index in [1.54, 1.807) is 0 Å². The van der Waals surface area contributed by atoms with E-state index in [4.69, 9.17) is 0 Å². The maximum Gasteiger partial charge on any atom is 0.0639 e. The van der Waals surface area contributed by atoms with Crippen molar-refractivity contribution in [3.05, 3.63) is 155 Å². The summed E-state index contributed by atoms with van der Waals surface area (Å²) in [5.74, 6) is 0.369.